The zero-order valence-corrected chi connectivity index (χ0v) is 12.4. The van der Waals surface area contributed by atoms with Crippen molar-refractivity contribution in [1.82, 2.24) is 9.97 Å². The van der Waals surface area contributed by atoms with Crippen molar-refractivity contribution < 1.29 is 8.42 Å². The average Bonchev–Trinajstić information content (AvgIpc) is 2.26. The third-order valence-corrected chi connectivity index (χ3v) is 3.79. The molecule has 0 spiro atoms. The van der Waals surface area contributed by atoms with Crippen molar-refractivity contribution in [2.75, 3.05) is 17.3 Å². The molecule has 1 heterocycles. The van der Waals surface area contributed by atoms with Gasteiger partial charge in [-0.05, 0) is 40.2 Å². The minimum absolute atomic E-state index is 0.257. The molecule has 19 heavy (non-hydrogen) atoms. The normalized spacial score (nSPS) is 11.3. The topological polar surface area (TPSA) is 98.0 Å². The van der Waals surface area contributed by atoms with E-state index in [4.69, 9.17) is 5.73 Å². The van der Waals surface area contributed by atoms with Gasteiger partial charge in [0.1, 0.15) is 10.4 Å². The molecule has 0 atom stereocenters. The van der Waals surface area contributed by atoms with Crippen LogP contribution in [0.5, 0.6) is 0 Å². The predicted molar refractivity (Wildman–Crippen MR) is 77.0 cm³/mol. The highest BCUT2D eigenvalue weighted by Gasteiger charge is 2.07. The van der Waals surface area contributed by atoms with Crippen molar-refractivity contribution in [2.45, 2.75) is 4.90 Å². The number of nitrogen functional groups attached to an aromatic ring is 1. The van der Waals surface area contributed by atoms with Crippen molar-refractivity contribution in [3.05, 3.63) is 34.9 Å². The highest BCUT2D eigenvalue weighted by Crippen LogP contribution is 2.19. The Labute approximate surface area is 119 Å². The molecule has 0 radical (unpaired) electrons. The number of nitrogens with one attached hydrogen (secondary N) is 1. The molecule has 3 N–H and O–H groups in total. The van der Waals surface area contributed by atoms with E-state index in [2.05, 4.69) is 31.2 Å². The summed E-state index contributed by atoms with van der Waals surface area (Å²) in [5.74, 6) is 0.663. The first-order valence-electron chi connectivity index (χ1n) is 5.22. The lowest BCUT2D eigenvalue weighted by atomic mass is 10.3. The van der Waals surface area contributed by atoms with Crippen molar-refractivity contribution in [3.63, 3.8) is 0 Å². The maximum Gasteiger partial charge on any atom is 0.230 e. The van der Waals surface area contributed by atoms with Crippen LogP contribution in [0.1, 0.15) is 0 Å². The maximum atomic E-state index is 11.3. The fourth-order valence-corrected chi connectivity index (χ4v) is 2.44. The zero-order chi connectivity index (χ0) is 14.0. The van der Waals surface area contributed by atoms with E-state index < -0.39 is 9.84 Å². The van der Waals surface area contributed by atoms with E-state index in [9.17, 15) is 8.42 Å². The summed E-state index contributed by atoms with van der Waals surface area (Å²) in [5, 5.41) is 2.94. The predicted octanol–water partition coefficient (Wildman–Crippen LogP) is 1.97. The first kappa shape index (κ1) is 13.8. The molecule has 0 bridgehead atoms. The molecule has 0 aliphatic carbocycles. The van der Waals surface area contributed by atoms with Crippen molar-refractivity contribution in [2.24, 2.45) is 0 Å². The van der Waals surface area contributed by atoms with E-state index in [-0.39, 0.29) is 4.90 Å². The molecule has 6 nitrogen and oxygen atoms in total. The number of rotatable bonds is 3. The first-order valence-corrected chi connectivity index (χ1v) is 7.90. The van der Waals surface area contributed by atoms with Gasteiger partial charge in [0, 0.05) is 18.0 Å². The number of hydrogen-bond acceptors (Lipinski definition) is 6. The maximum absolute atomic E-state index is 11.3. The molecule has 2 rings (SSSR count). The largest absolute Gasteiger partial charge is 0.383 e. The van der Waals surface area contributed by atoms with Crippen LogP contribution in [-0.2, 0) is 9.84 Å². The van der Waals surface area contributed by atoms with Gasteiger partial charge in [-0.3, -0.25) is 0 Å². The van der Waals surface area contributed by atoms with Gasteiger partial charge in [-0.25, -0.2) is 13.4 Å². The Morgan fingerprint density at radius 3 is 2.37 bits per heavy atom. The van der Waals surface area contributed by atoms with Gasteiger partial charge in [0.05, 0.1) is 4.90 Å². The van der Waals surface area contributed by atoms with E-state index in [1.54, 1.807) is 18.2 Å². The second-order valence-corrected chi connectivity index (χ2v) is 6.69. The van der Waals surface area contributed by atoms with E-state index in [0.29, 0.717) is 22.1 Å². The van der Waals surface area contributed by atoms with Crippen molar-refractivity contribution in [3.8, 4) is 0 Å². The quantitative estimate of drug-likeness (QED) is 0.827. The lowest BCUT2D eigenvalue weighted by molar-refractivity contribution is 0.602. The van der Waals surface area contributed by atoms with Crippen molar-refractivity contribution in [1.29, 1.82) is 0 Å². The van der Waals surface area contributed by atoms with Crippen LogP contribution in [0.25, 0.3) is 0 Å². The van der Waals surface area contributed by atoms with Gasteiger partial charge >= 0.3 is 0 Å². The number of nitrogens with zero attached hydrogens (tertiary/aromatic N) is 2. The van der Waals surface area contributed by atoms with Gasteiger partial charge in [0.2, 0.25) is 5.95 Å². The molecular weight excluding hydrogens is 332 g/mol. The number of anilines is 3. The lowest BCUT2D eigenvalue weighted by Crippen LogP contribution is -2.01. The SMILES string of the molecule is CS(=O)(=O)c1ccc(Nc2nc(N)cc(Br)n2)cc1. The second kappa shape index (κ2) is 5.14. The van der Waals surface area contributed by atoms with Crippen LogP contribution in [0.3, 0.4) is 0 Å². The Morgan fingerprint density at radius 2 is 1.84 bits per heavy atom. The summed E-state index contributed by atoms with van der Waals surface area (Å²) in [6.45, 7) is 0. The van der Waals surface area contributed by atoms with Crippen LogP contribution in [0.4, 0.5) is 17.5 Å². The number of halogens is 1. The highest BCUT2D eigenvalue weighted by molar-refractivity contribution is 9.10. The molecule has 0 amide bonds. The Hall–Kier alpha value is -1.67. The molecule has 0 saturated heterocycles. The third-order valence-electron chi connectivity index (χ3n) is 2.25. The van der Waals surface area contributed by atoms with Crippen LogP contribution in [0.2, 0.25) is 0 Å². The van der Waals surface area contributed by atoms with E-state index >= 15 is 0 Å². The summed E-state index contributed by atoms with van der Waals surface area (Å²) in [4.78, 5) is 8.36. The van der Waals surface area contributed by atoms with Crippen LogP contribution in [-0.4, -0.2) is 24.6 Å². The molecule has 1 aromatic heterocycles. The first-order chi connectivity index (χ1) is 8.84. The molecule has 0 fully saturated rings. The van der Waals surface area contributed by atoms with E-state index in [1.807, 2.05) is 0 Å². The molecule has 0 aliphatic rings. The highest BCUT2D eigenvalue weighted by atomic mass is 79.9. The number of nitrogens with two attached hydrogens (primary N) is 1. The Kier molecular flexibility index (Phi) is 3.72. The lowest BCUT2D eigenvalue weighted by Gasteiger charge is -2.06. The molecule has 0 saturated carbocycles. The molecule has 100 valence electrons. The molecule has 1 aromatic carbocycles. The smallest absolute Gasteiger partial charge is 0.230 e. The minimum Gasteiger partial charge on any atom is -0.383 e. The summed E-state index contributed by atoms with van der Waals surface area (Å²) in [6, 6.07) is 7.88. The standard InChI is InChI=1S/C11H11BrN4O2S/c1-19(17,18)8-4-2-7(3-5-8)14-11-15-9(12)6-10(13)16-11/h2-6H,1H3,(H3,13,14,15,16). The van der Waals surface area contributed by atoms with Gasteiger partial charge < -0.3 is 11.1 Å². The third kappa shape index (κ3) is 3.65. The summed E-state index contributed by atoms with van der Waals surface area (Å²) >= 11 is 3.21. The summed E-state index contributed by atoms with van der Waals surface area (Å²) in [7, 11) is -3.19. The Bertz CT molecular complexity index is 681. The molecule has 0 unspecified atom stereocenters. The van der Waals surface area contributed by atoms with Crippen LogP contribution < -0.4 is 11.1 Å². The van der Waals surface area contributed by atoms with E-state index in [0.717, 1.165) is 6.26 Å². The van der Waals surface area contributed by atoms with Gasteiger partial charge in [0.15, 0.2) is 9.84 Å². The molecule has 2 aromatic rings. The average molecular weight is 343 g/mol. The van der Waals surface area contributed by atoms with Gasteiger partial charge in [-0.2, -0.15) is 4.98 Å². The Balaban J connectivity index is 2.24. The zero-order valence-electron chi connectivity index (χ0n) is 9.96. The summed E-state index contributed by atoms with van der Waals surface area (Å²) in [5.41, 5.74) is 6.27. The summed E-state index contributed by atoms with van der Waals surface area (Å²) in [6.07, 6.45) is 1.16. The van der Waals surface area contributed by atoms with Gasteiger partial charge in [0.25, 0.3) is 0 Å². The van der Waals surface area contributed by atoms with Crippen LogP contribution in [0.15, 0.2) is 39.8 Å². The van der Waals surface area contributed by atoms with Gasteiger partial charge in [-0.1, -0.05) is 0 Å². The van der Waals surface area contributed by atoms with Crippen molar-refractivity contribution >= 4 is 43.2 Å². The molecule has 0 aliphatic heterocycles. The monoisotopic (exact) mass is 342 g/mol. The number of sulfone groups is 1. The fourth-order valence-electron chi connectivity index (χ4n) is 1.41. The number of hydrogen-bond donors (Lipinski definition) is 2. The number of benzene rings is 1. The Morgan fingerprint density at radius 1 is 1.21 bits per heavy atom. The summed E-state index contributed by atoms with van der Waals surface area (Å²) < 4.78 is 23.2. The fraction of sp³-hybridized carbons (Fsp3) is 0.0909. The van der Waals surface area contributed by atoms with Crippen LogP contribution in [0, 0.1) is 0 Å². The number of aromatic nitrogens is 2. The van der Waals surface area contributed by atoms with Gasteiger partial charge in [-0.15, -0.1) is 0 Å². The second-order valence-electron chi connectivity index (χ2n) is 3.86. The molecular formula is C11H11BrN4O2S. The van der Waals surface area contributed by atoms with E-state index in [1.165, 1.54) is 12.1 Å². The molecule has 8 heteroatoms. The minimum atomic E-state index is -3.19. The van der Waals surface area contributed by atoms with Crippen LogP contribution >= 0.6 is 15.9 Å².